The van der Waals surface area contributed by atoms with Gasteiger partial charge in [0.25, 0.3) is 0 Å². The number of halogens is 4. The molecule has 0 bridgehead atoms. The quantitative estimate of drug-likeness (QED) is 0.213. The van der Waals surface area contributed by atoms with Gasteiger partial charge >= 0.3 is 6.18 Å². The molecule has 0 aromatic carbocycles. The second-order valence-corrected chi connectivity index (χ2v) is 7.55. The first-order chi connectivity index (χ1) is 13.4. The number of alkyl halides is 3. The smallest absolute Gasteiger partial charge is 0.381 e. The summed E-state index contributed by atoms with van der Waals surface area (Å²) in [5.41, 5.74) is 0. The van der Waals surface area contributed by atoms with E-state index < -0.39 is 12.7 Å². The van der Waals surface area contributed by atoms with E-state index in [0.29, 0.717) is 25.8 Å². The number of rotatable bonds is 9. The maximum absolute atomic E-state index is 12.6. The van der Waals surface area contributed by atoms with Crippen LogP contribution in [0.2, 0.25) is 0 Å². The summed E-state index contributed by atoms with van der Waals surface area (Å²) >= 11 is 0. The summed E-state index contributed by atoms with van der Waals surface area (Å²) in [4.78, 5) is 7.96. The molecule has 1 N–H and O–H groups in total. The van der Waals surface area contributed by atoms with Crippen LogP contribution in [0.1, 0.15) is 32.6 Å². The Kier molecular flexibility index (Phi) is 12.8. The third-order valence-electron chi connectivity index (χ3n) is 5.29. The zero-order chi connectivity index (χ0) is 20.4. The molecule has 10 heteroatoms. The number of nitrogens with zero attached hydrogens (tertiary/aromatic N) is 3. The summed E-state index contributed by atoms with van der Waals surface area (Å²) in [6.45, 7) is 6.44. The molecule has 172 valence electrons. The molecule has 0 aliphatic carbocycles. The lowest BCUT2D eigenvalue weighted by molar-refractivity contribution is -0.146. The van der Waals surface area contributed by atoms with Crippen molar-refractivity contribution in [3.63, 3.8) is 0 Å². The van der Waals surface area contributed by atoms with E-state index in [1.165, 1.54) is 4.90 Å². The Morgan fingerprint density at radius 2 is 2.00 bits per heavy atom. The highest BCUT2D eigenvalue weighted by Crippen LogP contribution is 2.21. The van der Waals surface area contributed by atoms with Crippen molar-refractivity contribution in [2.45, 2.75) is 44.9 Å². The summed E-state index contributed by atoms with van der Waals surface area (Å²) < 4.78 is 49.1. The van der Waals surface area contributed by atoms with Crippen molar-refractivity contribution in [2.24, 2.45) is 10.9 Å². The van der Waals surface area contributed by atoms with E-state index in [4.69, 9.17) is 9.47 Å². The van der Waals surface area contributed by atoms with Gasteiger partial charge in [0.1, 0.15) is 0 Å². The van der Waals surface area contributed by atoms with Crippen molar-refractivity contribution in [1.82, 2.24) is 15.1 Å². The van der Waals surface area contributed by atoms with E-state index in [2.05, 4.69) is 15.2 Å². The highest BCUT2D eigenvalue weighted by atomic mass is 127. The van der Waals surface area contributed by atoms with Gasteiger partial charge in [0.15, 0.2) is 5.96 Å². The van der Waals surface area contributed by atoms with E-state index in [0.717, 1.165) is 64.5 Å². The number of hydrogen-bond donors (Lipinski definition) is 1. The minimum atomic E-state index is -4.14. The van der Waals surface area contributed by atoms with E-state index in [9.17, 15) is 13.2 Å². The van der Waals surface area contributed by atoms with Gasteiger partial charge in [0, 0.05) is 53.0 Å². The second kappa shape index (κ2) is 13.9. The standard InChI is InChI=1S/C19H35F3N4O2.HI/c1-3-25(15-19(20,21)22)13-16-5-9-26(14-16)18(23-2)24-8-4-10-28-17-6-11-27-12-7-17;/h16-17H,3-15H2,1-2H3,(H,23,24);1H. The number of nitrogens with one attached hydrogen (secondary N) is 1. The van der Waals surface area contributed by atoms with Crippen molar-refractivity contribution in [3.05, 3.63) is 0 Å². The first kappa shape index (κ1) is 26.7. The van der Waals surface area contributed by atoms with Crippen LogP contribution in [-0.4, -0.2) is 94.2 Å². The number of aliphatic imine (C=N–C) groups is 1. The van der Waals surface area contributed by atoms with Crippen LogP contribution in [0.5, 0.6) is 0 Å². The summed E-state index contributed by atoms with van der Waals surface area (Å²) in [5.74, 6) is 1.06. The van der Waals surface area contributed by atoms with Crippen LogP contribution < -0.4 is 5.32 Å². The highest BCUT2D eigenvalue weighted by Gasteiger charge is 2.33. The fourth-order valence-corrected chi connectivity index (χ4v) is 3.80. The number of likely N-dealkylation sites (tertiary alicyclic amines) is 1. The van der Waals surface area contributed by atoms with Crippen molar-refractivity contribution < 1.29 is 22.6 Å². The van der Waals surface area contributed by atoms with E-state index in [1.54, 1.807) is 14.0 Å². The molecule has 2 aliphatic rings. The number of ether oxygens (including phenoxy) is 2. The first-order valence-electron chi connectivity index (χ1n) is 10.3. The maximum Gasteiger partial charge on any atom is 0.401 e. The molecular weight excluding hydrogens is 500 g/mol. The average Bonchev–Trinajstić information content (AvgIpc) is 3.12. The normalized spacial score (nSPS) is 21.5. The first-order valence-corrected chi connectivity index (χ1v) is 10.3. The lowest BCUT2D eigenvalue weighted by Gasteiger charge is -2.26. The second-order valence-electron chi connectivity index (χ2n) is 7.55. The minimum absolute atomic E-state index is 0. The number of guanidine groups is 1. The van der Waals surface area contributed by atoms with Crippen molar-refractivity contribution in [3.8, 4) is 0 Å². The van der Waals surface area contributed by atoms with Crippen LogP contribution in [0.3, 0.4) is 0 Å². The molecule has 0 aromatic heterocycles. The Labute approximate surface area is 189 Å². The molecule has 2 saturated heterocycles. The van der Waals surface area contributed by atoms with E-state index in [1.807, 2.05) is 0 Å². The SMILES string of the molecule is CCN(CC1CCN(C(=NC)NCCCOC2CCOCC2)C1)CC(F)(F)F.I. The molecule has 0 amide bonds. The lowest BCUT2D eigenvalue weighted by Crippen LogP contribution is -2.42. The van der Waals surface area contributed by atoms with Crippen LogP contribution in [0.25, 0.3) is 0 Å². The molecule has 0 aromatic rings. The maximum atomic E-state index is 12.6. The van der Waals surface area contributed by atoms with Gasteiger partial charge in [-0.1, -0.05) is 6.92 Å². The predicted molar refractivity (Wildman–Crippen MR) is 119 cm³/mol. The minimum Gasteiger partial charge on any atom is -0.381 e. The summed E-state index contributed by atoms with van der Waals surface area (Å²) in [5, 5.41) is 3.35. The molecule has 2 rings (SSSR count). The van der Waals surface area contributed by atoms with Gasteiger partial charge in [-0.25, -0.2) is 0 Å². The summed E-state index contributed by atoms with van der Waals surface area (Å²) in [6, 6.07) is 0. The Balaban J connectivity index is 0.00000420. The van der Waals surface area contributed by atoms with Crippen LogP contribution in [0.4, 0.5) is 13.2 Å². The Morgan fingerprint density at radius 3 is 2.62 bits per heavy atom. The molecule has 6 nitrogen and oxygen atoms in total. The van der Waals surface area contributed by atoms with Gasteiger partial charge in [-0.15, -0.1) is 24.0 Å². The molecule has 29 heavy (non-hydrogen) atoms. The highest BCUT2D eigenvalue weighted by molar-refractivity contribution is 14.0. The van der Waals surface area contributed by atoms with Crippen LogP contribution in [0.15, 0.2) is 4.99 Å². The van der Waals surface area contributed by atoms with Crippen LogP contribution in [0, 0.1) is 5.92 Å². The predicted octanol–water partition coefficient (Wildman–Crippen LogP) is 2.97. The third-order valence-corrected chi connectivity index (χ3v) is 5.29. The molecule has 0 saturated carbocycles. The summed E-state index contributed by atoms with van der Waals surface area (Å²) in [6.07, 6.45) is -0.116. The average molecular weight is 536 g/mol. The van der Waals surface area contributed by atoms with E-state index >= 15 is 0 Å². The van der Waals surface area contributed by atoms with Crippen LogP contribution in [-0.2, 0) is 9.47 Å². The lowest BCUT2D eigenvalue weighted by atomic mass is 10.1. The largest absolute Gasteiger partial charge is 0.401 e. The fourth-order valence-electron chi connectivity index (χ4n) is 3.80. The van der Waals surface area contributed by atoms with Gasteiger partial charge in [0.05, 0.1) is 12.6 Å². The van der Waals surface area contributed by atoms with E-state index in [-0.39, 0.29) is 29.9 Å². The third kappa shape index (κ3) is 10.5. The van der Waals surface area contributed by atoms with Gasteiger partial charge in [-0.2, -0.15) is 13.2 Å². The van der Waals surface area contributed by atoms with Gasteiger partial charge in [-0.05, 0) is 38.1 Å². The molecule has 2 aliphatic heterocycles. The topological polar surface area (TPSA) is 49.3 Å². The summed E-state index contributed by atoms with van der Waals surface area (Å²) in [7, 11) is 1.75. The Bertz CT molecular complexity index is 477. The van der Waals surface area contributed by atoms with Gasteiger partial charge < -0.3 is 19.7 Å². The molecule has 2 fully saturated rings. The van der Waals surface area contributed by atoms with Crippen molar-refractivity contribution >= 4 is 29.9 Å². The van der Waals surface area contributed by atoms with Gasteiger partial charge in [0.2, 0.25) is 0 Å². The molecule has 0 spiro atoms. The zero-order valence-corrected chi connectivity index (χ0v) is 19.9. The fraction of sp³-hybridized carbons (Fsp3) is 0.947. The molecule has 1 unspecified atom stereocenters. The number of hydrogen-bond acceptors (Lipinski definition) is 4. The zero-order valence-electron chi connectivity index (χ0n) is 17.5. The molecule has 1 atom stereocenters. The van der Waals surface area contributed by atoms with Crippen LogP contribution >= 0.6 is 24.0 Å². The Morgan fingerprint density at radius 1 is 1.28 bits per heavy atom. The van der Waals surface area contributed by atoms with Crippen molar-refractivity contribution in [1.29, 1.82) is 0 Å². The molecule has 2 heterocycles. The molecule has 0 radical (unpaired) electrons. The monoisotopic (exact) mass is 536 g/mol. The van der Waals surface area contributed by atoms with Crippen molar-refractivity contribution in [2.75, 3.05) is 66.1 Å². The Hall–Kier alpha value is -0.330. The molecular formula is C19H36F3IN4O2. The van der Waals surface area contributed by atoms with Gasteiger partial charge in [-0.3, -0.25) is 9.89 Å².